The highest BCUT2D eigenvalue weighted by atomic mass is 35.5. The van der Waals surface area contributed by atoms with Crippen molar-refractivity contribution in [2.45, 2.75) is 26.8 Å². The van der Waals surface area contributed by atoms with E-state index in [0.29, 0.717) is 27.5 Å². The number of nitrogens with one attached hydrogen (secondary N) is 1. The summed E-state index contributed by atoms with van der Waals surface area (Å²) in [6.45, 7) is 5.76. The van der Waals surface area contributed by atoms with Gasteiger partial charge in [-0.2, -0.15) is 0 Å². The molecular weight excluding hydrogens is 353 g/mol. The normalized spacial score (nSPS) is 10.9. The Bertz CT molecular complexity index is 641. The molecule has 0 aliphatic rings. The first-order valence-electron chi connectivity index (χ1n) is 7.56. The van der Waals surface area contributed by atoms with E-state index in [1.54, 1.807) is 12.1 Å². The van der Waals surface area contributed by atoms with Crippen LogP contribution in [-0.4, -0.2) is 6.61 Å². The lowest BCUT2D eigenvalue weighted by Crippen LogP contribution is -2.02. The monoisotopic (exact) mass is 371 g/mol. The molecule has 0 atom stereocenters. The molecule has 0 aliphatic carbocycles. The second-order valence-corrected chi connectivity index (χ2v) is 7.00. The number of rotatable bonds is 7. The molecule has 0 radical (unpaired) electrons. The molecule has 0 amide bonds. The van der Waals surface area contributed by atoms with Crippen molar-refractivity contribution in [2.75, 3.05) is 11.9 Å². The van der Waals surface area contributed by atoms with Crippen molar-refractivity contribution in [3.05, 3.63) is 57.0 Å². The van der Waals surface area contributed by atoms with Crippen LogP contribution < -0.4 is 10.1 Å². The van der Waals surface area contributed by atoms with Gasteiger partial charge in [-0.15, -0.1) is 0 Å². The van der Waals surface area contributed by atoms with Crippen LogP contribution >= 0.6 is 34.8 Å². The third kappa shape index (κ3) is 5.80. The number of hydrogen-bond acceptors (Lipinski definition) is 2. The van der Waals surface area contributed by atoms with E-state index in [1.807, 2.05) is 24.3 Å². The van der Waals surface area contributed by atoms with Crippen molar-refractivity contribution < 1.29 is 4.74 Å². The second-order valence-electron chi connectivity index (χ2n) is 5.77. The van der Waals surface area contributed by atoms with Crippen LogP contribution in [0.5, 0.6) is 5.75 Å². The zero-order valence-corrected chi connectivity index (χ0v) is 15.5. The predicted octanol–water partition coefficient (Wildman–Crippen LogP) is 6.68. The van der Waals surface area contributed by atoms with Gasteiger partial charge < -0.3 is 10.1 Å². The SMILES string of the molecule is CC(C)CCOc1ccc(CNc2cc(Cl)c(Cl)cc2Cl)cc1. The van der Waals surface area contributed by atoms with Crippen molar-refractivity contribution in [2.24, 2.45) is 5.92 Å². The molecule has 0 bridgehead atoms. The van der Waals surface area contributed by atoms with E-state index < -0.39 is 0 Å². The lowest BCUT2D eigenvalue weighted by Gasteiger charge is -2.11. The molecule has 0 heterocycles. The summed E-state index contributed by atoms with van der Waals surface area (Å²) in [6.07, 6.45) is 1.05. The van der Waals surface area contributed by atoms with Gasteiger partial charge in [0.2, 0.25) is 0 Å². The number of halogens is 3. The zero-order valence-electron chi connectivity index (χ0n) is 13.2. The topological polar surface area (TPSA) is 21.3 Å². The molecule has 0 spiro atoms. The summed E-state index contributed by atoms with van der Waals surface area (Å²) in [4.78, 5) is 0. The summed E-state index contributed by atoms with van der Waals surface area (Å²) in [7, 11) is 0. The van der Waals surface area contributed by atoms with E-state index in [0.717, 1.165) is 30.0 Å². The number of benzene rings is 2. The maximum atomic E-state index is 6.15. The van der Waals surface area contributed by atoms with Gasteiger partial charge in [0.15, 0.2) is 0 Å². The van der Waals surface area contributed by atoms with Gasteiger partial charge in [0.05, 0.1) is 27.4 Å². The Morgan fingerprint density at radius 2 is 1.61 bits per heavy atom. The van der Waals surface area contributed by atoms with Crippen LogP contribution in [-0.2, 0) is 6.54 Å². The van der Waals surface area contributed by atoms with Gasteiger partial charge in [-0.3, -0.25) is 0 Å². The number of ether oxygens (including phenoxy) is 1. The molecule has 124 valence electrons. The lowest BCUT2D eigenvalue weighted by atomic mass is 10.1. The Morgan fingerprint density at radius 1 is 0.957 bits per heavy atom. The molecule has 2 aromatic rings. The first-order valence-corrected chi connectivity index (χ1v) is 8.69. The lowest BCUT2D eigenvalue weighted by molar-refractivity contribution is 0.289. The molecule has 2 rings (SSSR count). The smallest absolute Gasteiger partial charge is 0.119 e. The van der Waals surface area contributed by atoms with E-state index in [9.17, 15) is 0 Å². The van der Waals surface area contributed by atoms with Crippen molar-refractivity contribution in [1.29, 1.82) is 0 Å². The van der Waals surface area contributed by atoms with E-state index in [4.69, 9.17) is 39.5 Å². The Balaban J connectivity index is 1.90. The minimum Gasteiger partial charge on any atom is -0.494 e. The Hall–Kier alpha value is -1.09. The van der Waals surface area contributed by atoms with Gasteiger partial charge in [-0.1, -0.05) is 60.8 Å². The van der Waals surface area contributed by atoms with E-state index in [1.165, 1.54) is 0 Å². The minimum atomic E-state index is 0.449. The maximum Gasteiger partial charge on any atom is 0.119 e. The molecule has 1 N–H and O–H groups in total. The molecule has 0 unspecified atom stereocenters. The summed E-state index contributed by atoms with van der Waals surface area (Å²) in [6, 6.07) is 11.4. The Labute approximate surface area is 152 Å². The fourth-order valence-corrected chi connectivity index (χ4v) is 2.58. The summed E-state index contributed by atoms with van der Waals surface area (Å²) in [5.41, 5.74) is 1.89. The highest BCUT2D eigenvalue weighted by molar-refractivity contribution is 6.44. The van der Waals surface area contributed by atoms with Gasteiger partial charge in [0, 0.05) is 6.54 Å². The summed E-state index contributed by atoms with van der Waals surface area (Å²) < 4.78 is 5.71. The van der Waals surface area contributed by atoms with Crippen LogP contribution in [0, 0.1) is 5.92 Å². The van der Waals surface area contributed by atoms with Crippen LogP contribution in [0.4, 0.5) is 5.69 Å². The van der Waals surface area contributed by atoms with Gasteiger partial charge >= 0.3 is 0 Å². The first-order chi connectivity index (χ1) is 11.0. The fraction of sp³-hybridized carbons (Fsp3) is 0.333. The molecule has 23 heavy (non-hydrogen) atoms. The third-order valence-electron chi connectivity index (χ3n) is 3.38. The predicted molar refractivity (Wildman–Crippen MR) is 100 cm³/mol. The summed E-state index contributed by atoms with van der Waals surface area (Å²) in [5, 5.41) is 4.74. The Kier molecular flexibility index (Phi) is 6.88. The van der Waals surface area contributed by atoms with Gasteiger partial charge in [0.25, 0.3) is 0 Å². The molecule has 0 aromatic heterocycles. The van der Waals surface area contributed by atoms with Crippen molar-refractivity contribution in [3.63, 3.8) is 0 Å². The van der Waals surface area contributed by atoms with Crippen LogP contribution in [0.3, 0.4) is 0 Å². The zero-order chi connectivity index (χ0) is 16.8. The average molecular weight is 373 g/mol. The van der Waals surface area contributed by atoms with E-state index >= 15 is 0 Å². The molecule has 0 saturated carbocycles. The van der Waals surface area contributed by atoms with Crippen LogP contribution in [0.25, 0.3) is 0 Å². The van der Waals surface area contributed by atoms with Gasteiger partial charge in [0.1, 0.15) is 5.75 Å². The minimum absolute atomic E-state index is 0.449. The molecule has 2 nitrogen and oxygen atoms in total. The van der Waals surface area contributed by atoms with Gasteiger partial charge in [-0.25, -0.2) is 0 Å². The largest absolute Gasteiger partial charge is 0.494 e. The second kappa shape index (κ2) is 8.68. The molecular formula is C18H20Cl3NO. The molecule has 0 fully saturated rings. The number of anilines is 1. The van der Waals surface area contributed by atoms with Crippen LogP contribution in [0.1, 0.15) is 25.8 Å². The van der Waals surface area contributed by atoms with Crippen LogP contribution in [0.2, 0.25) is 15.1 Å². The third-order valence-corrected chi connectivity index (χ3v) is 4.42. The van der Waals surface area contributed by atoms with Crippen molar-refractivity contribution in [3.8, 4) is 5.75 Å². The highest BCUT2D eigenvalue weighted by Gasteiger charge is 2.06. The summed E-state index contributed by atoms with van der Waals surface area (Å²) >= 11 is 18.1. The summed E-state index contributed by atoms with van der Waals surface area (Å²) in [5.74, 6) is 1.54. The van der Waals surface area contributed by atoms with Gasteiger partial charge in [-0.05, 0) is 42.2 Å². The average Bonchev–Trinajstić information content (AvgIpc) is 2.50. The Morgan fingerprint density at radius 3 is 2.26 bits per heavy atom. The highest BCUT2D eigenvalue weighted by Crippen LogP contribution is 2.32. The van der Waals surface area contributed by atoms with E-state index in [2.05, 4.69) is 19.2 Å². The fourth-order valence-electron chi connectivity index (χ4n) is 1.97. The first kappa shape index (κ1) is 18.3. The van der Waals surface area contributed by atoms with Crippen molar-refractivity contribution in [1.82, 2.24) is 0 Å². The van der Waals surface area contributed by atoms with Crippen LogP contribution in [0.15, 0.2) is 36.4 Å². The molecule has 5 heteroatoms. The standard InChI is InChI=1S/C18H20Cl3NO/c1-12(2)7-8-23-14-5-3-13(4-6-14)11-22-18-10-16(20)15(19)9-17(18)21/h3-6,9-10,12,22H,7-8,11H2,1-2H3. The number of hydrogen-bond donors (Lipinski definition) is 1. The van der Waals surface area contributed by atoms with E-state index in [-0.39, 0.29) is 0 Å². The molecule has 0 aliphatic heterocycles. The molecule has 2 aromatic carbocycles. The maximum absolute atomic E-state index is 6.15. The van der Waals surface area contributed by atoms with Crippen molar-refractivity contribution >= 4 is 40.5 Å². The molecule has 0 saturated heterocycles. The quantitative estimate of drug-likeness (QED) is 0.547.